The van der Waals surface area contributed by atoms with E-state index in [0.717, 1.165) is 0 Å². The zero-order valence-corrected chi connectivity index (χ0v) is 12.5. The molecule has 0 fully saturated rings. The molecule has 1 atom stereocenters. The lowest BCUT2D eigenvalue weighted by atomic mass is 10.1. The number of aromatic nitrogens is 2. The Bertz CT molecular complexity index is 701. The highest BCUT2D eigenvalue weighted by atomic mass is 19.4. The fourth-order valence-corrected chi connectivity index (χ4v) is 2.20. The zero-order valence-electron chi connectivity index (χ0n) is 12.5. The van der Waals surface area contributed by atoms with E-state index in [1.54, 1.807) is 6.92 Å². The van der Waals surface area contributed by atoms with Crippen molar-refractivity contribution in [1.82, 2.24) is 9.78 Å². The van der Waals surface area contributed by atoms with Crippen LogP contribution in [0, 0.1) is 20.8 Å². The third kappa shape index (κ3) is 2.86. The van der Waals surface area contributed by atoms with Crippen LogP contribution in [0.4, 0.5) is 13.2 Å². The molecule has 5 nitrogen and oxygen atoms in total. The minimum Gasteiger partial charge on any atom is -0.457 e. The number of rotatable bonds is 3. The molecule has 0 amide bonds. The van der Waals surface area contributed by atoms with Crippen molar-refractivity contribution >= 4 is 5.97 Å². The molecule has 2 rings (SSSR count). The summed E-state index contributed by atoms with van der Waals surface area (Å²) in [6.45, 7) is 4.47. The van der Waals surface area contributed by atoms with Crippen LogP contribution in [-0.2, 0) is 11.8 Å². The Kier molecular flexibility index (Phi) is 4.04. The number of carbonyl (C=O) groups excluding carboxylic acids is 1. The molecule has 0 radical (unpaired) electrons. The number of ether oxygens (including phenoxy) is 1. The van der Waals surface area contributed by atoms with Gasteiger partial charge in [0.05, 0.1) is 12.0 Å². The van der Waals surface area contributed by atoms with Gasteiger partial charge in [-0.3, -0.25) is 4.68 Å². The normalized spacial score (nSPS) is 13.2. The minimum absolute atomic E-state index is 0.159. The van der Waals surface area contributed by atoms with Gasteiger partial charge < -0.3 is 9.15 Å². The first kappa shape index (κ1) is 16.1. The molecule has 0 saturated heterocycles. The number of carbonyl (C=O) groups is 1. The van der Waals surface area contributed by atoms with Gasteiger partial charge in [-0.2, -0.15) is 18.3 Å². The molecule has 0 saturated carbocycles. The van der Waals surface area contributed by atoms with Gasteiger partial charge in [-0.25, -0.2) is 4.79 Å². The summed E-state index contributed by atoms with van der Waals surface area (Å²) in [5, 5.41) is 3.93. The summed E-state index contributed by atoms with van der Waals surface area (Å²) in [4.78, 5) is 11.9. The van der Waals surface area contributed by atoms with Crippen molar-refractivity contribution in [2.45, 2.75) is 33.1 Å². The molecule has 2 aromatic rings. The molecular formula is C14H15F3N2O3. The summed E-state index contributed by atoms with van der Waals surface area (Å²) in [5.41, 5.74) is 0.688. The lowest BCUT2D eigenvalue weighted by molar-refractivity contribution is -0.208. The third-order valence-electron chi connectivity index (χ3n) is 3.40. The van der Waals surface area contributed by atoms with Crippen LogP contribution < -0.4 is 0 Å². The van der Waals surface area contributed by atoms with Gasteiger partial charge in [-0.1, -0.05) is 0 Å². The van der Waals surface area contributed by atoms with Crippen molar-refractivity contribution in [2.24, 2.45) is 7.05 Å². The average Bonchev–Trinajstić information content (AvgIpc) is 2.91. The number of furan rings is 1. The van der Waals surface area contributed by atoms with Gasteiger partial charge in [0.1, 0.15) is 0 Å². The Morgan fingerprint density at radius 2 is 2.00 bits per heavy atom. The van der Waals surface area contributed by atoms with E-state index < -0.39 is 18.2 Å². The Morgan fingerprint density at radius 1 is 1.36 bits per heavy atom. The Balaban J connectivity index is 2.40. The highest BCUT2D eigenvalue weighted by molar-refractivity contribution is 5.88. The van der Waals surface area contributed by atoms with E-state index >= 15 is 0 Å². The smallest absolute Gasteiger partial charge is 0.430 e. The lowest BCUT2D eigenvalue weighted by Gasteiger charge is -2.21. The largest absolute Gasteiger partial charge is 0.457 e. The fraction of sp³-hybridized carbons (Fsp3) is 0.429. The first-order chi connectivity index (χ1) is 10.1. The van der Waals surface area contributed by atoms with Gasteiger partial charge in [0.2, 0.25) is 11.9 Å². The molecule has 0 N–H and O–H groups in total. The van der Waals surface area contributed by atoms with Crippen molar-refractivity contribution in [3.05, 3.63) is 40.6 Å². The third-order valence-corrected chi connectivity index (χ3v) is 3.40. The maximum Gasteiger partial charge on any atom is 0.430 e. The van der Waals surface area contributed by atoms with E-state index in [4.69, 9.17) is 9.15 Å². The number of esters is 1. The summed E-state index contributed by atoms with van der Waals surface area (Å²) < 4.78 is 50.9. The van der Waals surface area contributed by atoms with E-state index in [9.17, 15) is 18.0 Å². The van der Waals surface area contributed by atoms with E-state index in [-0.39, 0.29) is 22.7 Å². The van der Waals surface area contributed by atoms with E-state index in [0.29, 0.717) is 5.56 Å². The van der Waals surface area contributed by atoms with Crippen LogP contribution in [0.5, 0.6) is 0 Å². The predicted molar refractivity (Wildman–Crippen MR) is 70.3 cm³/mol. The molecule has 0 aliphatic carbocycles. The fourth-order valence-electron chi connectivity index (χ4n) is 2.20. The highest BCUT2D eigenvalue weighted by Gasteiger charge is 2.47. The van der Waals surface area contributed by atoms with Gasteiger partial charge in [0.25, 0.3) is 0 Å². The molecule has 22 heavy (non-hydrogen) atoms. The van der Waals surface area contributed by atoms with Gasteiger partial charge >= 0.3 is 12.1 Å². The first-order valence-electron chi connectivity index (χ1n) is 6.44. The molecule has 0 aliphatic heterocycles. The summed E-state index contributed by atoms with van der Waals surface area (Å²) in [6, 6.07) is 1.47. The average molecular weight is 316 g/mol. The van der Waals surface area contributed by atoms with Crippen molar-refractivity contribution in [3.8, 4) is 0 Å². The van der Waals surface area contributed by atoms with Crippen LogP contribution in [0.2, 0.25) is 0 Å². The molecule has 0 bridgehead atoms. The van der Waals surface area contributed by atoms with Crippen LogP contribution in [0.15, 0.2) is 16.7 Å². The number of halogens is 3. The second-order valence-corrected chi connectivity index (χ2v) is 4.97. The predicted octanol–water partition coefficient (Wildman–Crippen LogP) is 3.40. The summed E-state index contributed by atoms with van der Waals surface area (Å²) in [5.74, 6) is -1.40. The van der Waals surface area contributed by atoms with Gasteiger partial charge in [0, 0.05) is 23.9 Å². The molecule has 0 spiro atoms. The maximum absolute atomic E-state index is 13.3. The summed E-state index contributed by atoms with van der Waals surface area (Å²) >= 11 is 0. The molecule has 0 aromatic carbocycles. The first-order valence-corrected chi connectivity index (χ1v) is 6.44. The van der Waals surface area contributed by atoms with Crippen LogP contribution in [-0.4, -0.2) is 21.9 Å². The van der Waals surface area contributed by atoms with Crippen LogP contribution in [0.1, 0.15) is 39.2 Å². The number of aryl methyl sites for hydroxylation is 3. The van der Waals surface area contributed by atoms with Crippen molar-refractivity contribution in [3.63, 3.8) is 0 Å². The van der Waals surface area contributed by atoms with Gasteiger partial charge in [-0.05, 0) is 26.8 Å². The number of nitrogens with zero attached hydrogens (tertiary/aromatic N) is 2. The van der Waals surface area contributed by atoms with Crippen LogP contribution >= 0.6 is 0 Å². The lowest BCUT2D eigenvalue weighted by Crippen LogP contribution is -2.27. The molecule has 2 heterocycles. The Hall–Kier alpha value is -2.25. The maximum atomic E-state index is 13.3. The summed E-state index contributed by atoms with van der Waals surface area (Å²) in [6.07, 6.45) is -5.93. The van der Waals surface area contributed by atoms with E-state index in [1.807, 2.05) is 0 Å². The second-order valence-electron chi connectivity index (χ2n) is 4.97. The van der Waals surface area contributed by atoms with E-state index in [2.05, 4.69) is 5.10 Å². The number of hydrogen-bond donors (Lipinski definition) is 0. The number of hydrogen-bond acceptors (Lipinski definition) is 4. The van der Waals surface area contributed by atoms with Gasteiger partial charge in [-0.15, -0.1) is 0 Å². The van der Waals surface area contributed by atoms with E-state index in [1.165, 1.54) is 37.9 Å². The zero-order chi connectivity index (χ0) is 16.7. The molecule has 1 unspecified atom stereocenters. The van der Waals surface area contributed by atoms with Crippen molar-refractivity contribution in [2.75, 3.05) is 0 Å². The second kappa shape index (κ2) is 5.51. The Morgan fingerprint density at radius 3 is 2.41 bits per heavy atom. The minimum atomic E-state index is -4.76. The monoisotopic (exact) mass is 316 g/mol. The molecule has 120 valence electrons. The summed E-state index contributed by atoms with van der Waals surface area (Å²) in [7, 11) is 1.53. The molecule has 0 aliphatic rings. The quantitative estimate of drug-likeness (QED) is 0.814. The molecule has 8 heteroatoms. The topological polar surface area (TPSA) is 57.3 Å². The van der Waals surface area contributed by atoms with Crippen LogP contribution in [0.25, 0.3) is 0 Å². The molecule has 2 aromatic heterocycles. The number of alkyl halides is 3. The van der Waals surface area contributed by atoms with Gasteiger partial charge in [0.15, 0.2) is 0 Å². The SMILES string of the molecule is Cc1ccoc1C(=O)OC(c1c(C)nn(C)c1C)C(F)(F)F. The standard InChI is InChI=1S/C14H15F3N2O3/c1-7-5-6-21-11(7)13(20)22-12(14(15,16)17)10-8(2)18-19(4)9(10)3/h5-6,12H,1-4H3. The Labute approximate surface area is 124 Å². The highest BCUT2D eigenvalue weighted by Crippen LogP contribution is 2.39. The molecular weight excluding hydrogens is 301 g/mol. The van der Waals surface area contributed by atoms with Crippen molar-refractivity contribution < 1.29 is 27.1 Å². The van der Waals surface area contributed by atoms with Crippen molar-refractivity contribution in [1.29, 1.82) is 0 Å². The van der Waals surface area contributed by atoms with Crippen LogP contribution in [0.3, 0.4) is 0 Å².